The first kappa shape index (κ1) is 12.0. The molecule has 0 unspecified atom stereocenters. The number of halogens is 1. The highest BCUT2D eigenvalue weighted by Gasteiger charge is 2.16. The van der Waals surface area contributed by atoms with Gasteiger partial charge in [0, 0.05) is 18.8 Å². The third kappa shape index (κ3) is 3.01. The zero-order valence-corrected chi connectivity index (χ0v) is 10.0. The zero-order chi connectivity index (χ0) is 12.3. The van der Waals surface area contributed by atoms with Crippen LogP contribution in [0.2, 0.25) is 5.02 Å². The van der Waals surface area contributed by atoms with Crippen LogP contribution in [-0.2, 0) is 4.74 Å². The summed E-state index contributed by atoms with van der Waals surface area (Å²) in [6.45, 7) is 2.37. The molecule has 6 heteroatoms. The molecule has 0 atom stereocenters. The average Bonchev–Trinajstić information content (AvgIpc) is 2.35. The molecule has 0 radical (unpaired) electrons. The second kappa shape index (κ2) is 5.25. The minimum absolute atomic E-state index is 0.144. The van der Waals surface area contributed by atoms with E-state index in [4.69, 9.17) is 22.1 Å². The predicted octanol–water partition coefficient (Wildman–Crippen LogP) is 1.79. The molecule has 1 aliphatic rings. The smallest absolute Gasteiger partial charge is 0.322 e. The van der Waals surface area contributed by atoms with Crippen molar-refractivity contribution in [2.45, 2.75) is 0 Å². The molecule has 1 aromatic rings. The number of nitrogen functional groups attached to an aromatic ring is 1. The van der Waals surface area contributed by atoms with Crippen LogP contribution in [-0.4, -0.2) is 37.2 Å². The van der Waals surface area contributed by atoms with Crippen molar-refractivity contribution in [2.75, 3.05) is 37.4 Å². The van der Waals surface area contributed by atoms with Gasteiger partial charge < -0.3 is 20.7 Å². The number of carbonyl (C=O) groups excluding carboxylic acids is 1. The summed E-state index contributed by atoms with van der Waals surface area (Å²) in [7, 11) is 0. The van der Waals surface area contributed by atoms with E-state index in [1.807, 2.05) is 0 Å². The molecule has 0 spiro atoms. The molecule has 1 heterocycles. The van der Waals surface area contributed by atoms with E-state index >= 15 is 0 Å². The van der Waals surface area contributed by atoms with Crippen molar-refractivity contribution < 1.29 is 9.53 Å². The molecular weight excluding hydrogens is 242 g/mol. The Morgan fingerprint density at radius 3 is 2.76 bits per heavy atom. The number of carbonyl (C=O) groups is 1. The number of ether oxygens (including phenoxy) is 1. The van der Waals surface area contributed by atoms with Gasteiger partial charge in [0.15, 0.2) is 0 Å². The summed E-state index contributed by atoms with van der Waals surface area (Å²) in [5.41, 5.74) is 6.73. The summed E-state index contributed by atoms with van der Waals surface area (Å²) in [5.74, 6) is 0. The summed E-state index contributed by atoms with van der Waals surface area (Å²) in [4.78, 5) is 13.6. The monoisotopic (exact) mass is 255 g/mol. The number of nitrogens with two attached hydrogens (primary N) is 1. The number of hydrogen-bond acceptors (Lipinski definition) is 3. The summed E-state index contributed by atoms with van der Waals surface area (Å²) in [6.07, 6.45) is 0. The molecule has 1 fully saturated rings. The van der Waals surface area contributed by atoms with Crippen LogP contribution in [0.5, 0.6) is 0 Å². The van der Waals surface area contributed by atoms with Gasteiger partial charge >= 0.3 is 6.03 Å². The van der Waals surface area contributed by atoms with Crippen LogP contribution in [0.3, 0.4) is 0 Å². The minimum Gasteiger partial charge on any atom is -0.398 e. The predicted molar refractivity (Wildman–Crippen MR) is 67.3 cm³/mol. The van der Waals surface area contributed by atoms with Gasteiger partial charge in [-0.05, 0) is 18.2 Å². The summed E-state index contributed by atoms with van der Waals surface area (Å²) < 4.78 is 5.18. The van der Waals surface area contributed by atoms with Crippen LogP contribution in [0.1, 0.15) is 0 Å². The fourth-order valence-electron chi connectivity index (χ4n) is 1.57. The molecule has 2 amide bonds. The lowest BCUT2D eigenvalue weighted by atomic mass is 10.3. The summed E-state index contributed by atoms with van der Waals surface area (Å²) >= 11 is 5.87. The zero-order valence-electron chi connectivity index (χ0n) is 9.28. The Morgan fingerprint density at radius 1 is 1.41 bits per heavy atom. The first-order valence-corrected chi connectivity index (χ1v) is 5.73. The number of amides is 2. The number of anilines is 2. The molecule has 17 heavy (non-hydrogen) atoms. The van der Waals surface area contributed by atoms with Gasteiger partial charge in [-0.15, -0.1) is 0 Å². The van der Waals surface area contributed by atoms with Crippen molar-refractivity contribution in [1.82, 2.24) is 4.90 Å². The molecule has 1 aliphatic heterocycles. The fourth-order valence-corrected chi connectivity index (χ4v) is 1.75. The first-order chi connectivity index (χ1) is 8.16. The van der Waals surface area contributed by atoms with Crippen LogP contribution >= 0.6 is 11.6 Å². The number of benzene rings is 1. The quantitative estimate of drug-likeness (QED) is 0.752. The summed E-state index contributed by atoms with van der Waals surface area (Å²) in [6, 6.07) is 4.88. The summed E-state index contributed by atoms with van der Waals surface area (Å²) in [5, 5.41) is 3.21. The second-order valence-corrected chi connectivity index (χ2v) is 4.17. The van der Waals surface area contributed by atoms with Crippen molar-refractivity contribution in [2.24, 2.45) is 0 Å². The topological polar surface area (TPSA) is 67.6 Å². The largest absolute Gasteiger partial charge is 0.398 e. The molecule has 1 saturated heterocycles. The highest BCUT2D eigenvalue weighted by molar-refractivity contribution is 6.33. The first-order valence-electron chi connectivity index (χ1n) is 5.35. The van der Waals surface area contributed by atoms with E-state index in [9.17, 15) is 4.79 Å². The number of hydrogen-bond donors (Lipinski definition) is 2. The van der Waals surface area contributed by atoms with E-state index < -0.39 is 0 Å². The molecule has 0 saturated carbocycles. The molecule has 5 nitrogen and oxygen atoms in total. The third-order valence-corrected chi connectivity index (χ3v) is 2.88. The van der Waals surface area contributed by atoms with Crippen LogP contribution < -0.4 is 11.1 Å². The fraction of sp³-hybridized carbons (Fsp3) is 0.364. The molecule has 2 rings (SSSR count). The Bertz CT molecular complexity index is 419. The van der Waals surface area contributed by atoms with E-state index in [0.717, 1.165) is 0 Å². The molecular formula is C11H14ClN3O2. The maximum Gasteiger partial charge on any atom is 0.322 e. The van der Waals surface area contributed by atoms with Crippen molar-refractivity contribution in [3.05, 3.63) is 23.2 Å². The number of nitrogens with one attached hydrogen (secondary N) is 1. The Balaban J connectivity index is 1.99. The molecule has 0 aromatic heterocycles. The molecule has 3 N–H and O–H groups in total. The van der Waals surface area contributed by atoms with Gasteiger partial charge in [0.1, 0.15) is 0 Å². The highest BCUT2D eigenvalue weighted by Crippen LogP contribution is 2.22. The maximum absolute atomic E-state index is 11.8. The Morgan fingerprint density at radius 2 is 2.12 bits per heavy atom. The van der Waals surface area contributed by atoms with Crippen LogP contribution in [0.25, 0.3) is 0 Å². The van der Waals surface area contributed by atoms with Crippen LogP contribution in [0.15, 0.2) is 18.2 Å². The molecule has 0 aliphatic carbocycles. The van der Waals surface area contributed by atoms with Crippen molar-refractivity contribution >= 4 is 29.0 Å². The molecule has 1 aromatic carbocycles. The lowest BCUT2D eigenvalue weighted by Gasteiger charge is -2.26. The number of nitrogens with zero attached hydrogens (tertiary/aromatic N) is 1. The number of urea groups is 1. The minimum atomic E-state index is -0.144. The van der Waals surface area contributed by atoms with Gasteiger partial charge in [-0.3, -0.25) is 0 Å². The van der Waals surface area contributed by atoms with Crippen molar-refractivity contribution in [3.8, 4) is 0 Å². The lowest BCUT2D eigenvalue weighted by molar-refractivity contribution is 0.0564. The Kier molecular flexibility index (Phi) is 3.71. The average molecular weight is 256 g/mol. The van der Waals surface area contributed by atoms with Crippen LogP contribution in [0, 0.1) is 0 Å². The normalized spacial score (nSPS) is 15.7. The van der Waals surface area contributed by atoms with Gasteiger partial charge in [0.25, 0.3) is 0 Å². The van der Waals surface area contributed by atoms with E-state index in [0.29, 0.717) is 42.7 Å². The van der Waals surface area contributed by atoms with E-state index in [2.05, 4.69) is 5.32 Å². The van der Waals surface area contributed by atoms with Gasteiger partial charge in [-0.25, -0.2) is 4.79 Å². The second-order valence-electron chi connectivity index (χ2n) is 3.77. The van der Waals surface area contributed by atoms with E-state index in [1.165, 1.54) is 0 Å². The van der Waals surface area contributed by atoms with Gasteiger partial charge in [0.2, 0.25) is 0 Å². The Hall–Kier alpha value is -1.46. The molecule has 92 valence electrons. The lowest BCUT2D eigenvalue weighted by Crippen LogP contribution is -2.43. The van der Waals surface area contributed by atoms with Crippen molar-refractivity contribution in [1.29, 1.82) is 0 Å². The van der Waals surface area contributed by atoms with Gasteiger partial charge in [-0.2, -0.15) is 0 Å². The number of rotatable bonds is 1. The number of morpholine rings is 1. The van der Waals surface area contributed by atoms with E-state index in [-0.39, 0.29) is 6.03 Å². The Labute approximate surface area is 104 Å². The van der Waals surface area contributed by atoms with E-state index in [1.54, 1.807) is 23.1 Å². The van der Waals surface area contributed by atoms with Crippen molar-refractivity contribution in [3.63, 3.8) is 0 Å². The standard InChI is InChI=1S/C11H14ClN3O2/c12-9-7-8(1-2-10(9)13)14-11(16)15-3-5-17-6-4-15/h1-2,7H,3-6,13H2,(H,14,16). The van der Waals surface area contributed by atoms with Crippen LogP contribution in [0.4, 0.5) is 16.2 Å². The third-order valence-electron chi connectivity index (χ3n) is 2.55. The SMILES string of the molecule is Nc1ccc(NC(=O)N2CCOCC2)cc1Cl. The van der Waals surface area contributed by atoms with Gasteiger partial charge in [-0.1, -0.05) is 11.6 Å². The highest BCUT2D eigenvalue weighted by atomic mass is 35.5. The maximum atomic E-state index is 11.8. The molecule has 0 bridgehead atoms. The van der Waals surface area contributed by atoms with Gasteiger partial charge in [0.05, 0.1) is 23.9 Å².